The van der Waals surface area contributed by atoms with E-state index in [9.17, 15) is 25.2 Å². The second kappa shape index (κ2) is 5.41. The Morgan fingerprint density at radius 1 is 1.35 bits per heavy atom. The lowest BCUT2D eigenvalue weighted by Gasteiger charge is -2.50. The first-order chi connectivity index (χ1) is 9.37. The lowest BCUT2D eigenvalue weighted by molar-refractivity contribution is -0.116. The molecule has 2 aliphatic carbocycles. The van der Waals surface area contributed by atoms with Crippen LogP contribution in [-0.2, 0) is 4.79 Å². The molecule has 0 bridgehead atoms. The zero-order valence-electron chi connectivity index (χ0n) is 11.8. The van der Waals surface area contributed by atoms with E-state index >= 15 is 0 Å². The molecule has 5 nitrogen and oxygen atoms in total. The summed E-state index contributed by atoms with van der Waals surface area (Å²) in [6.45, 7) is 2.75. The van der Waals surface area contributed by atoms with Gasteiger partial charge in [-0.3, -0.25) is 4.79 Å². The largest absolute Gasteiger partial charge is 0.393 e. The molecule has 2 aliphatic rings. The van der Waals surface area contributed by atoms with Crippen LogP contribution in [-0.4, -0.2) is 51.6 Å². The molecule has 0 aromatic heterocycles. The summed E-state index contributed by atoms with van der Waals surface area (Å²) in [4.78, 5) is 12.2. The van der Waals surface area contributed by atoms with Crippen LogP contribution in [0.1, 0.15) is 26.7 Å². The third-order valence-electron chi connectivity index (χ3n) is 5.10. The molecular formula is C15H22O5. The van der Waals surface area contributed by atoms with Gasteiger partial charge in [0.2, 0.25) is 0 Å². The second-order valence-corrected chi connectivity index (χ2v) is 5.95. The van der Waals surface area contributed by atoms with Gasteiger partial charge in [-0.25, -0.2) is 0 Å². The lowest BCUT2D eigenvalue weighted by atomic mass is 9.57. The molecule has 5 heteroatoms. The number of fused-ring (bicyclic) bond motifs is 1. The maximum atomic E-state index is 12.2. The van der Waals surface area contributed by atoms with Gasteiger partial charge in [-0.05, 0) is 30.4 Å². The molecular weight excluding hydrogens is 260 g/mol. The Bertz CT molecular complexity index is 473. The van der Waals surface area contributed by atoms with E-state index in [0.29, 0.717) is 12.8 Å². The van der Waals surface area contributed by atoms with Crippen molar-refractivity contribution < 1.29 is 25.2 Å². The van der Waals surface area contributed by atoms with Crippen molar-refractivity contribution in [2.45, 2.75) is 38.9 Å². The number of aliphatic hydroxyl groups excluding tert-OH is 4. The normalized spacial score (nSPS) is 37.5. The fraction of sp³-hybridized carbons (Fsp3) is 0.667. The monoisotopic (exact) mass is 282 g/mol. The van der Waals surface area contributed by atoms with Crippen molar-refractivity contribution >= 4 is 5.78 Å². The van der Waals surface area contributed by atoms with Crippen LogP contribution in [0.2, 0.25) is 0 Å². The maximum Gasteiger partial charge on any atom is 0.184 e. The quantitative estimate of drug-likeness (QED) is 0.532. The summed E-state index contributed by atoms with van der Waals surface area (Å²) in [6.07, 6.45) is 0.998. The number of carbonyl (C=O) groups is 1. The molecule has 1 saturated carbocycles. The fourth-order valence-electron chi connectivity index (χ4n) is 3.43. The SMILES string of the molecule is C[C@H]1[C@H](O)CCC2=CC(=O)C(=C(CO)CO)C(O)[C@@]21C. The molecule has 2 rings (SSSR count). The summed E-state index contributed by atoms with van der Waals surface area (Å²) >= 11 is 0. The number of ketones is 1. The number of aliphatic hydroxyl groups is 4. The molecule has 4 atom stereocenters. The summed E-state index contributed by atoms with van der Waals surface area (Å²) in [5, 5.41) is 39.2. The van der Waals surface area contributed by atoms with E-state index in [1.807, 2.05) is 13.8 Å². The molecule has 1 unspecified atom stereocenters. The molecule has 0 aliphatic heterocycles. The molecule has 0 saturated heterocycles. The number of hydrogen-bond acceptors (Lipinski definition) is 5. The van der Waals surface area contributed by atoms with Crippen LogP contribution >= 0.6 is 0 Å². The minimum absolute atomic E-state index is 0.0715. The van der Waals surface area contributed by atoms with Crippen LogP contribution in [0.25, 0.3) is 0 Å². The molecule has 0 spiro atoms. The minimum atomic E-state index is -1.12. The second-order valence-electron chi connectivity index (χ2n) is 5.95. The molecule has 0 aromatic carbocycles. The Morgan fingerprint density at radius 3 is 2.50 bits per heavy atom. The highest BCUT2D eigenvalue weighted by Gasteiger charge is 2.52. The Labute approximate surface area is 118 Å². The predicted octanol–water partition coefficient (Wildman–Crippen LogP) is -0.0653. The number of carbonyl (C=O) groups excluding carboxylic acids is 1. The summed E-state index contributed by atoms with van der Waals surface area (Å²) in [5.74, 6) is -0.564. The fourth-order valence-corrected chi connectivity index (χ4v) is 3.43. The van der Waals surface area contributed by atoms with Gasteiger partial charge < -0.3 is 20.4 Å². The highest BCUT2D eigenvalue weighted by Crippen LogP contribution is 2.51. The van der Waals surface area contributed by atoms with E-state index in [2.05, 4.69) is 0 Å². The van der Waals surface area contributed by atoms with Gasteiger partial charge in [-0.1, -0.05) is 19.4 Å². The maximum absolute atomic E-state index is 12.2. The van der Waals surface area contributed by atoms with Gasteiger partial charge in [-0.15, -0.1) is 0 Å². The van der Waals surface area contributed by atoms with Crippen molar-refractivity contribution in [3.05, 3.63) is 22.8 Å². The van der Waals surface area contributed by atoms with Crippen molar-refractivity contribution in [1.82, 2.24) is 0 Å². The minimum Gasteiger partial charge on any atom is -0.393 e. The summed E-state index contributed by atoms with van der Waals surface area (Å²) < 4.78 is 0. The highest BCUT2D eigenvalue weighted by molar-refractivity contribution is 6.07. The summed E-state index contributed by atoms with van der Waals surface area (Å²) in [5.41, 5.74) is 0.316. The molecule has 20 heavy (non-hydrogen) atoms. The average Bonchev–Trinajstić information content (AvgIpc) is 2.43. The van der Waals surface area contributed by atoms with E-state index in [0.717, 1.165) is 5.57 Å². The van der Waals surface area contributed by atoms with Crippen molar-refractivity contribution in [3.8, 4) is 0 Å². The molecule has 1 fully saturated rings. The predicted molar refractivity (Wildman–Crippen MR) is 72.8 cm³/mol. The molecule has 4 N–H and O–H groups in total. The average molecular weight is 282 g/mol. The van der Waals surface area contributed by atoms with E-state index in [-0.39, 0.29) is 22.8 Å². The molecule has 0 heterocycles. The first kappa shape index (κ1) is 15.4. The third-order valence-corrected chi connectivity index (χ3v) is 5.10. The smallest absolute Gasteiger partial charge is 0.184 e. The Hall–Kier alpha value is -1.01. The van der Waals surface area contributed by atoms with Crippen molar-refractivity contribution in [3.63, 3.8) is 0 Å². The number of rotatable bonds is 2. The summed E-state index contributed by atoms with van der Waals surface area (Å²) in [7, 11) is 0. The Balaban J connectivity index is 2.58. The standard InChI is InChI=1S/C15H22O5/c1-8-11(18)4-3-10-5-12(19)13(9(6-16)7-17)14(20)15(8,10)2/h5,8,11,14,16-18,20H,3-4,6-7H2,1-2H3/t8-,11+,14?,15+/m0/s1. The first-order valence-electron chi connectivity index (χ1n) is 6.93. The molecule has 0 aromatic rings. The van der Waals surface area contributed by atoms with Gasteiger partial charge in [0.05, 0.1) is 25.4 Å². The third kappa shape index (κ3) is 2.05. The van der Waals surface area contributed by atoms with Gasteiger partial charge in [0, 0.05) is 11.0 Å². The molecule has 0 amide bonds. The zero-order valence-corrected chi connectivity index (χ0v) is 11.8. The lowest BCUT2D eigenvalue weighted by Crippen LogP contribution is -2.52. The van der Waals surface area contributed by atoms with Crippen LogP contribution in [0.4, 0.5) is 0 Å². The first-order valence-corrected chi connectivity index (χ1v) is 6.93. The van der Waals surface area contributed by atoms with E-state index < -0.39 is 30.8 Å². The highest BCUT2D eigenvalue weighted by atomic mass is 16.3. The number of allylic oxidation sites excluding steroid dienone is 1. The Kier molecular flexibility index (Phi) is 4.16. The van der Waals surface area contributed by atoms with E-state index in [4.69, 9.17) is 0 Å². The van der Waals surface area contributed by atoms with E-state index in [1.165, 1.54) is 6.08 Å². The number of hydrogen-bond donors (Lipinski definition) is 4. The van der Waals surface area contributed by atoms with Crippen LogP contribution in [0, 0.1) is 11.3 Å². The van der Waals surface area contributed by atoms with Crippen LogP contribution < -0.4 is 0 Å². The molecule has 0 radical (unpaired) electrons. The van der Waals surface area contributed by atoms with Gasteiger partial charge in [0.15, 0.2) is 5.78 Å². The van der Waals surface area contributed by atoms with Gasteiger partial charge >= 0.3 is 0 Å². The van der Waals surface area contributed by atoms with Crippen molar-refractivity contribution in [2.75, 3.05) is 13.2 Å². The molecule has 112 valence electrons. The van der Waals surface area contributed by atoms with E-state index in [1.54, 1.807) is 0 Å². The zero-order chi connectivity index (χ0) is 15.1. The van der Waals surface area contributed by atoms with Crippen LogP contribution in [0.15, 0.2) is 22.8 Å². The van der Waals surface area contributed by atoms with Gasteiger partial charge in [-0.2, -0.15) is 0 Å². The Morgan fingerprint density at radius 2 is 1.95 bits per heavy atom. The van der Waals surface area contributed by atoms with Gasteiger partial charge in [0.25, 0.3) is 0 Å². The topological polar surface area (TPSA) is 98.0 Å². The van der Waals surface area contributed by atoms with Gasteiger partial charge in [0.1, 0.15) is 0 Å². The van der Waals surface area contributed by atoms with Crippen molar-refractivity contribution in [2.24, 2.45) is 11.3 Å². The van der Waals surface area contributed by atoms with Crippen LogP contribution in [0.3, 0.4) is 0 Å². The summed E-state index contributed by atoms with van der Waals surface area (Å²) in [6, 6.07) is 0. The van der Waals surface area contributed by atoms with Crippen LogP contribution in [0.5, 0.6) is 0 Å². The van der Waals surface area contributed by atoms with Crippen molar-refractivity contribution in [1.29, 1.82) is 0 Å².